The lowest BCUT2D eigenvalue weighted by atomic mass is 10.1. The van der Waals surface area contributed by atoms with Crippen LogP contribution in [0.4, 0.5) is 5.82 Å². The van der Waals surface area contributed by atoms with Gasteiger partial charge in [0.15, 0.2) is 0 Å². The molecule has 7 heteroatoms. The highest BCUT2D eigenvalue weighted by molar-refractivity contribution is 7.92. The molecule has 0 aliphatic carbocycles. The SMILES string of the molecule is COc1cccc(-c2cccc(NS(=O)(=O)c3cccc(Cl)c3C)n2)c1. The second-order valence-corrected chi connectivity index (χ2v) is 7.67. The number of methoxy groups -OCH3 is 1. The van der Waals surface area contributed by atoms with Gasteiger partial charge in [0.1, 0.15) is 11.6 Å². The average molecular weight is 389 g/mol. The van der Waals surface area contributed by atoms with Gasteiger partial charge in [-0.15, -0.1) is 0 Å². The first-order valence-electron chi connectivity index (χ1n) is 7.80. The van der Waals surface area contributed by atoms with E-state index in [-0.39, 0.29) is 10.7 Å². The minimum Gasteiger partial charge on any atom is -0.497 e. The van der Waals surface area contributed by atoms with Crippen molar-refractivity contribution in [2.75, 3.05) is 11.8 Å². The number of ether oxygens (including phenoxy) is 1. The van der Waals surface area contributed by atoms with Crippen LogP contribution < -0.4 is 9.46 Å². The van der Waals surface area contributed by atoms with Crippen molar-refractivity contribution >= 4 is 27.4 Å². The van der Waals surface area contributed by atoms with Crippen LogP contribution in [-0.4, -0.2) is 20.5 Å². The minimum absolute atomic E-state index is 0.124. The van der Waals surface area contributed by atoms with Crippen LogP contribution in [0.5, 0.6) is 5.75 Å². The first-order chi connectivity index (χ1) is 12.4. The van der Waals surface area contributed by atoms with Crippen molar-refractivity contribution in [3.8, 4) is 17.0 Å². The standard InChI is InChI=1S/C19H17ClN2O3S/c1-13-16(20)8-4-10-18(13)26(23,24)22-19-11-5-9-17(21-19)14-6-3-7-15(12-14)25-2/h3-12H,1-2H3,(H,21,22). The lowest BCUT2D eigenvalue weighted by Gasteiger charge is -2.11. The first kappa shape index (κ1) is 18.2. The summed E-state index contributed by atoms with van der Waals surface area (Å²) >= 11 is 6.04. The zero-order valence-corrected chi connectivity index (χ0v) is 15.8. The zero-order valence-electron chi connectivity index (χ0n) is 14.2. The third kappa shape index (κ3) is 3.81. The monoisotopic (exact) mass is 388 g/mol. The van der Waals surface area contributed by atoms with Gasteiger partial charge >= 0.3 is 0 Å². The summed E-state index contributed by atoms with van der Waals surface area (Å²) in [6, 6.07) is 17.3. The largest absolute Gasteiger partial charge is 0.497 e. The fraction of sp³-hybridized carbons (Fsp3) is 0.105. The maximum absolute atomic E-state index is 12.7. The third-order valence-corrected chi connectivity index (χ3v) is 5.77. The smallest absolute Gasteiger partial charge is 0.263 e. The molecule has 0 fully saturated rings. The Morgan fingerprint density at radius 1 is 1.04 bits per heavy atom. The van der Waals surface area contributed by atoms with E-state index in [0.29, 0.717) is 22.0 Å². The number of rotatable bonds is 5. The van der Waals surface area contributed by atoms with Crippen LogP contribution >= 0.6 is 11.6 Å². The predicted octanol–water partition coefficient (Wildman–Crippen LogP) is 4.52. The molecule has 3 rings (SSSR count). The number of halogens is 1. The first-order valence-corrected chi connectivity index (χ1v) is 9.66. The second-order valence-electron chi connectivity index (χ2n) is 5.61. The Bertz CT molecular complexity index is 1050. The lowest BCUT2D eigenvalue weighted by molar-refractivity contribution is 0.415. The molecule has 0 atom stereocenters. The summed E-state index contributed by atoms with van der Waals surface area (Å²) in [5.41, 5.74) is 1.95. The van der Waals surface area contributed by atoms with E-state index in [1.54, 1.807) is 44.4 Å². The second kappa shape index (κ2) is 7.35. The highest BCUT2D eigenvalue weighted by Gasteiger charge is 2.19. The van der Waals surface area contributed by atoms with Crippen LogP contribution in [0, 0.1) is 6.92 Å². The van der Waals surface area contributed by atoms with Gasteiger partial charge in [-0.3, -0.25) is 4.72 Å². The van der Waals surface area contributed by atoms with Crippen LogP contribution in [-0.2, 0) is 10.0 Å². The van der Waals surface area contributed by atoms with E-state index in [2.05, 4.69) is 9.71 Å². The Morgan fingerprint density at radius 2 is 1.77 bits per heavy atom. The van der Waals surface area contributed by atoms with E-state index in [1.165, 1.54) is 6.07 Å². The van der Waals surface area contributed by atoms with Crippen molar-refractivity contribution in [3.05, 3.63) is 71.2 Å². The number of nitrogens with zero attached hydrogens (tertiary/aromatic N) is 1. The number of nitrogens with one attached hydrogen (secondary N) is 1. The van der Waals surface area contributed by atoms with E-state index in [9.17, 15) is 8.42 Å². The predicted molar refractivity (Wildman–Crippen MR) is 103 cm³/mol. The molecule has 1 heterocycles. The van der Waals surface area contributed by atoms with Crippen LogP contribution in [0.2, 0.25) is 5.02 Å². The molecule has 0 amide bonds. The van der Waals surface area contributed by atoms with Gasteiger partial charge in [0.05, 0.1) is 17.7 Å². The molecule has 26 heavy (non-hydrogen) atoms. The summed E-state index contributed by atoms with van der Waals surface area (Å²) in [4.78, 5) is 4.53. The summed E-state index contributed by atoms with van der Waals surface area (Å²) in [5.74, 6) is 0.925. The molecule has 3 aromatic rings. The van der Waals surface area contributed by atoms with Gasteiger partial charge in [0.25, 0.3) is 10.0 Å². The maximum atomic E-state index is 12.7. The molecule has 1 aromatic heterocycles. The fourth-order valence-electron chi connectivity index (χ4n) is 2.51. The third-order valence-electron chi connectivity index (χ3n) is 3.86. The fourth-order valence-corrected chi connectivity index (χ4v) is 4.01. The molecule has 0 aliphatic rings. The van der Waals surface area contributed by atoms with Crippen LogP contribution in [0.3, 0.4) is 0 Å². The van der Waals surface area contributed by atoms with Gasteiger partial charge in [0, 0.05) is 10.6 Å². The summed E-state index contributed by atoms with van der Waals surface area (Å²) in [7, 11) is -2.21. The van der Waals surface area contributed by atoms with Crippen molar-refractivity contribution < 1.29 is 13.2 Å². The lowest BCUT2D eigenvalue weighted by Crippen LogP contribution is -2.15. The molecule has 5 nitrogen and oxygen atoms in total. The number of sulfonamides is 1. The minimum atomic E-state index is -3.80. The highest BCUT2D eigenvalue weighted by atomic mass is 35.5. The highest BCUT2D eigenvalue weighted by Crippen LogP contribution is 2.26. The Hall–Kier alpha value is -2.57. The summed E-state index contributed by atoms with van der Waals surface area (Å²) in [5, 5.41) is 0.394. The Balaban J connectivity index is 1.94. The molecule has 2 aromatic carbocycles. The van der Waals surface area contributed by atoms with Crippen molar-refractivity contribution in [2.45, 2.75) is 11.8 Å². The maximum Gasteiger partial charge on any atom is 0.263 e. The van der Waals surface area contributed by atoms with Crippen LogP contribution in [0.15, 0.2) is 65.6 Å². The van der Waals surface area contributed by atoms with Gasteiger partial charge in [-0.1, -0.05) is 35.9 Å². The van der Waals surface area contributed by atoms with Gasteiger partial charge < -0.3 is 4.74 Å². The molecule has 0 aliphatic heterocycles. The number of hydrogen-bond acceptors (Lipinski definition) is 4. The normalized spacial score (nSPS) is 11.2. The van der Waals surface area contributed by atoms with E-state index in [1.807, 2.05) is 24.3 Å². The molecular formula is C19H17ClN2O3S. The van der Waals surface area contributed by atoms with E-state index >= 15 is 0 Å². The van der Waals surface area contributed by atoms with Crippen LogP contribution in [0.1, 0.15) is 5.56 Å². The van der Waals surface area contributed by atoms with Crippen LogP contribution in [0.25, 0.3) is 11.3 Å². The van der Waals surface area contributed by atoms with E-state index in [4.69, 9.17) is 16.3 Å². The van der Waals surface area contributed by atoms with Gasteiger partial charge in [0.2, 0.25) is 0 Å². The molecule has 134 valence electrons. The molecule has 0 saturated heterocycles. The topological polar surface area (TPSA) is 68.3 Å². The van der Waals surface area contributed by atoms with Gasteiger partial charge in [-0.05, 0) is 48.9 Å². The molecule has 1 N–H and O–H groups in total. The van der Waals surface area contributed by atoms with Crippen molar-refractivity contribution in [2.24, 2.45) is 0 Å². The van der Waals surface area contributed by atoms with Crippen molar-refractivity contribution in [1.29, 1.82) is 0 Å². The van der Waals surface area contributed by atoms with Gasteiger partial charge in [-0.2, -0.15) is 0 Å². The summed E-state index contributed by atoms with van der Waals surface area (Å²) in [6.45, 7) is 1.66. The zero-order chi connectivity index (χ0) is 18.7. The molecule has 0 unspecified atom stereocenters. The van der Waals surface area contributed by atoms with E-state index in [0.717, 1.165) is 5.56 Å². The Morgan fingerprint density at radius 3 is 2.54 bits per heavy atom. The van der Waals surface area contributed by atoms with Crippen molar-refractivity contribution in [1.82, 2.24) is 4.98 Å². The van der Waals surface area contributed by atoms with Crippen molar-refractivity contribution in [3.63, 3.8) is 0 Å². The number of anilines is 1. The summed E-state index contributed by atoms with van der Waals surface area (Å²) in [6.07, 6.45) is 0. The Labute approximate surface area is 157 Å². The Kier molecular flexibility index (Phi) is 5.15. The van der Waals surface area contributed by atoms with Gasteiger partial charge in [-0.25, -0.2) is 13.4 Å². The average Bonchev–Trinajstić information content (AvgIpc) is 2.63. The van der Waals surface area contributed by atoms with E-state index < -0.39 is 10.0 Å². The molecule has 0 radical (unpaired) electrons. The molecule has 0 saturated carbocycles. The number of aromatic nitrogens is 1. The number of hydrogen-bond donors (Lipinski definition) is 1. The summed E-state index contributed by atoms with van der Waals surface area (Å²) < 4.78 is 33.1. The quantitative estimate of drug-likeness (QED) is 0.697. The molecular weight excluding hydrogens is 372 g/mol. The number of pyridine rings is 1. The molecule has 0 bridgehead atoms. The molecule has 0 spiro atoms. The number of benzene rings is 2.